The first-order valence-electron chi connectivity index (χ1n) is 5.83. The van der Waals surface area contributed by atoms with E-state index in [1.807, 2.05) is 11.9 Å². The zero-order valence-electron chi connectivity index (χ0n) is 11.1. The smallest absolute Gasteiger partial charge is 0.239 e. The Hall–Kier alpha value is -1.66. The zero-order valence-corrected chi connectivity index (χ0v) is 12.7. The van der Waals surface area contributed by atoms with Crippen LogP contribution in [0.2, 0.25) is 0 Å². The van der Waals surface area contributed by atoms with Gasteiger partial charge in [-0.1, -0.05) is 17.7 Å². The maximum absolute atomic E-state index is 5.35. The summed E-state index contributed by atoms with van der Waals surface area (Å²) in [5.74, 6) is 6.49. The van der Waals surface area contributed by atoms with E-state index in [-0.39, 0.29) is 0 Å². The first kappa shape index (κ1) is 13.8. The molecule has 0 unspecified atom stereocenters. The van der Waals surface area contributed by atoms with Crippen molar-refractivity contribution in [3.8, 4) is 0 Å². The molecule has 0 aliphatic heterocycles. The van der Waals surface area contributed by atoms with Gasteiger partial charge in [0, 0.05) is 18.9 Å². The Kier molecular flexibility index (Phi) is 4.01. The third-order valence-electron chi connectivity index (χ3n) is 2.89. The maximum Gasteiger partial charge on any atom is 0.239 e. The number of nitrogens with zero attached hydrogens (tertiary/aromatic N) is 3. The Bertz CT molecular complexity index is 600. The topological polar surface area (TPSA) is 67.1 Å². The van der Waals surface area contributed by atoms with Crippen molar-refractivity contribution in [2.75, 3.05) is 17.4 Å². The summed E-state index contributed by atoms with van der Waals surface area (Å²) in [6.45, 7) is 4.16. The number of nitrogens with one attached hydrogen (secondary N) is 1. The molecule has 0 amide bonds. The van der Waals surface area contributed by atoms with Gasteiger partial charge < -0.3 is 4.90 Å². The third kappa shape index (κ3) is 2.85. The minimum atomic E-state index is 0.384. The number of anilines is 3. The molecule has 2 rings (SSSR count). The van der Waals surface area contributed by atoms with E-state index >= 15 is 0 Å². The molecule has 6 heteroatoms. The number of aryl methyl sites for hydroxylation is 2. The van der Waals surface area contributed by atoms with Crippen LogP contribution in [-0.2, 0) is 0 Å². The van der Waals surface area contributed by atoms with Gasteiger partial charge in [0.15, 0.2) is 5.82 Å². The standard InChI is InChI=1S/C13H16BrN5/c1-8-4-5-11(9(2)6-8)19(3)12-10(14)7-16-13(17-12)18-15/h4-7H,15H2,1-3H3,(H,16,17,18). The predicted molar refractivity (Wildman–Crippen MR) is 81.5 cm³/mol. The van der Waals surface area contributed by atoms with Gasteiger partial charge in [0.1, 0.15) is 0 Å². The van der Waals surface area contributed by atoms with E-state index in [0.29, 0.717) is 5.95 Å². The van der Waals surface area contributed by atoms with Crippen LogP contribution in [0.5, 0.6) is 0 Å². The average Bonchev–Trinajstić information content (AvgIpc) is 2.38. The molecule has 0 saturated carbocycles. The van der Waals surface area contributed by atoms with E-state index in [4.69, 9.17) is 5.84 Å². The molecular weight excluding hydrogens is 306 g/mol. The van der Waals surface area contributed by atoms with Crippen LogP contribution >= 0.6 is 15.9 Å². The van der Waals surface area contributed by atoms with Crippen molar-refractivity contribution in [2.45, 2.75) is 13.8 Å². The number of hydrazine groups is 1. The molecule has 3 N–H and O–H groups in total. The van der Waals surface area contributed by atoms with Crippen LogP contribution in [0.15, 0.2) is 28.9 Å². The molecule has 1 aromatic carbocycles. The lowest BCUT2D eigenvalue weighted by Crippen LogP contribution is -2.16. The first-order chi connectivity index (χ1) is 9.02. The fourth-order valence-corrected chi connectivity index (χ4v) is 2.42. The second-order valence-corrected chi connectivity index (χ2v) is 5.21. The van der Waals surface area contributed by atoms with Gasteiger partial charge in [-0.25, -0.2) is 10.8 Å². The number of nitrogen functional groups attached to an aromatic ring is 1. The molecule has 0 aliphatic rings. The molecule has 1 heterocycles. The number of hydrogen-bond acceptors (Lipinski definition) is 5. The van der Waals surface area contributed by atoms with Gasteiger partial charge >= 0.3 is 0 Å². The Balaban J connectivity index is 2.46. The Morgan fingerprint density at radius 1 is 1.32 bits per heavy atom. The minimum Gasteiger partial charge on any atom is -0.328 e. The lowest BCUT2D eigenvalue weighted by Gasteiger charge is -2.22. The maximum atomic E-state index is 5.35. The van der Waals surface area contributed by atoms with E-state index in [1.54, 1.807) is 6.20 Å². The summed E-state index contributed by atoms with van der Waals surface area (Å²) in [4.78, 5) is 10.4. The van der Waals surface area contributed by atoms with Crippen LogP contribution in [0.4, 0.5) is 17.5 Å². The number of nitrogens with two attached hydrogens (primary N) is 1. The summed E-state index contributed by atoms with van der Waals surface area (Å²) in [5.41, 5.74) is 5.97. The number of aromatic nitrogens is 2. The van der Waals surface area contributed by atoms with E-state index < -0.39 is 0 Å². The Morgan fingerprint density at radius 2 is 2.05 bits per heavy atom. The summed E-state index contributed by atoms with van der Waals surface area (Å²) < 4.78 is 0.814. The summed E-state index contributed by atoms with van der Waals surface area (Å²) >= 11 is 3.46. The van der Waals surface area contributed by atoms with Crippen molar-refractivity contribution >= 4 is 33.4 Å². The first-order valence-corrected chi connectivity index (χ1v) is 6.62. The van der Waals surface area contributed by atoms with E-state index in [9.17, 15) is 0 Å². The fourth-order valence-electron chi connectivity index (χ4n) is 1.96. The van der Waals surface area contributed by atoms with Gasteiger partial charge in [0.05, 0.1) is 4.47 Å². The van der Waals surface area contributed by atoms with E-state index in [1.165, 1.54) is 11.1 Å². The second-order valence-electron chi connectivity index (χ2n) is 4.36. The molecule has 0 bridgehead atoms. The van der Waals surface area contributed by atoms with Crippen LogP contribution in [0.25, 0.3) is 0 Å². The number of hydrogen-bond donors (Lipinski definition) is 2. The number of rotatable bonds is 3. The summed E-state index contributed by atoms with van der Waals surface area (Å²) in [7, 11) is 1.96. The van der Waals surface area contributed by atoms with Crippen molar-refractivity contribution in [3.63, 3.8) is 0 Å². The van der Waals surface area contributed by atoms with Crippen molar-refractivity contribution < 1.29 is 0 Å². The number of benzene rings is 1. The minimum absolute atomic E-state index is 0.384. The van der Waals surface area contributed by atoms with Crippen molar-refractivity contribution in [1.82, 2.24) is 9.97 Å². The van der Waals surface area contributed by atoms with E-state index in [0.717, 1.165) is 16.0 Å². The van der Waals surface area contributed by atoms with Gasteiger partial charge in [-0.2, -0.15) is 4.98 Å². The molecule has 0 saturated heterocycles. The molecule has 0 aliphatic carbocycles. The molecule has 5 nitrogen and oxygen atoms in total. The zero-order chi connectivity index (χ0) is 14.0. The molecular formula is C13H16BrN5. The number of halogens is 1. The molecule has 0 spiro atoms. The quantitative estimate of drug-likeness (QED) is 0.672. The van der Waals surface area contributed by atoms with Crippen molar-refractivity contribution in [1.29, 1.82) is 0 Å². The average molecular weight is 322 g/mol. The predicted octanol–water partition coefficient (Wildman–Crippen LogP) is 2.91. The largest absolute Gasteiger partial charge is 0.328 e. The van der Waals surface area contributed by atoms with Crippen LogP contribution in [0, 0.1) is 13.8 Å². The Labute approximate surface area is 121 Å². The van der Waals surface area contributed by atoms with Gasteiger partial charge in [-0.3, -0.25) is 5.43 Å². The summed E-state index contributed by atoms with van der Waals surface area (Å²) in [6.07, 6.45) is 1.68. The monoisotopic (exact) mass is 321 g/mol. The SMILES string of the molecule is Cc1ccc(N(C)c2nc(NN)ncc2Br)c(C)c1. The summed E-state index contributed by atoms with van der Waals surface area (Å²) in [5, 5.41) is 0. The van der Waals surface area contributed by atoms with Crippen LogP contribution in [-0.4, -0.2) is 17.0 Å². The highest BCUT2D eigenvalue weighted by atomic mass is 79.9. The molecule has 0 atom stereocenters. The molecule has 100 valence electrons. The van der Waals surface area contributed by atoms with Crippen molar-refractivity contribution in [2.24, 2.45) is 5.84 Å². The van der Waals surface area contributed by atoms with Crippen LogP contribution in [0.1, 0.15) is 11.1 Å². The van der Waals surface area contributed by atoms with Gasteiger partial charge in [0.25, 0.3) is 0 Å². The normalized spacial score (nSPS) is 10.4. The highest BCUT2D eigenvalue weighted by Gasteiger charge is 2.13. The molecule has 2 aromatic rings. The molecule has 19 heavy (non-hydrogen) atoms. The lowest BCUT2D eigenvalue weighted by atomic mass is 10.1. The lowest BCUT2D eigenvalue weighted by molar-refractivity contribution is 1.04. The second kappa shape index (κ2) is 5.54. The molecule has 1 aromatic heterocycles. The molecule has 0 radical (unpaired) electrons. The van der Waals surface area contributed by atoms with Gasteiger partial charge in [-0.15, -0.1) is 0 Å². The van der Waals surface area contributed by atoms with Crippen molar-refractivity contribution in [3.05, 3.63) is 40.0 Å². The van der Waals surface area contributed by atoms with Gasteiger partial charge in [-0.05, 0) is 41.4 Å². The van der Waals surface area contributed by atoms with E-state index in [2.05, 4.69) is 63.4 Å². The highest BCUT2D eigenvalue weighted by molar-refractivity contribution is 9.10. The van der Waals surface area contributed by atoms with Crippen LogP contribution in [0.3, 0.4) is 0 Å². The fraction of sp³-hybridized carbons (Fsp3) is 0.231. The third-order valence-corrected chi connectivity index (χ3v) is 3.45. The summed E-state index contributed by atoms with van der Waals surface area (Å²) in [6, 6.07) is 6.30. The van der Waals surface area contributed by atoms with Gasteiger partial charge in [0.2, 0.25) is 5.95 Å². The van der Waals surface area contributed by atoms with Crippen LogP contribution < -0.4 is 16.2 Å². The molecule has 0 fully saturated rings. The Morgan fingerprint density at radius 3 is 2.68 bits per heavy atom. The highest BCUT2D eigenvalue weighted by Crippen LogP contribution is 2.31.